The first-order valence-corrected chi connectivity index (χ1v) is 8.65. The van der Waals surface area contributed by atoms with Crippen LogP contribution in [0.25, 0.3) is 0 Å². The zero-order valence-corrected chi connectivity index (χ0v) is 15.9. The number of carbonyl (C=O) groups is 2. The molecule has 138 valence electrons. The second kappa shape index (κ2) is 7.95. The Labute approximate surface area is 153 Å². The Morgan fingerprint density at radius 3 is 2.52 bits per heavy atom. The molecule has 0 aromatic heterocycles. The minimum absolute atomic E-state index is 0.0335. The number of ether oxygens (including phenoxy) is 2. The molecule has 1 aliphatic rings. The first-order valence-electron chi connectivity index (χ1n) is 8.27. The molecule has 1 aromatic rings. The Balaban J connectivity index is 1.82. The van der Waals surface area contributed by atoms with Gasteiger partial charge in [-0.2, -0.15) is 0 Å². The average Bonchev–Trinajstić information content (AvgIpc) is 3.02. The van der Waals surface area contributed by atoms with E-state index in [0.717, 1.165) is 6.42 Å². The molecule has 2 amide bonds. The van der Waals surface area contributed by atoms with E-state index in [4.69, 9.17) is 21.1 Å². The van der Waals surface area contributed by atoms with Crippen molar-refractivity contribution in [1.29, 1.82) is 0 Å². The van der Waals surface area contributed by atoms with Crippen molar-refractivity contribution in [2.75, 3.05) is 26.7 Å². The highest BCUT2D eigenvalue weighted by Crippen LogP contribution is 2.19. The average molecular weight is 369 g/mol. The molecule has 2 rings (SSSR count). The lowest BCUT2D eigenvalue weighted by Gasteiger charge is -2.26. The van der Waals surface area contributed by atoms with Gasteiger partial charge in [0.2, 0.25) is 0 Å². The Morgan fingerprint density at radius 2 is 1.92 bits per heavy atom. The number of hydrogen-bond acceptors (Lipinski definition) is 4. The van der Waals surface area contributed by atoms with Gasteiger partial charge in [-0.3, -0.25) is 4.79 Å². The normalized spacial score (nSPS) is 17.3. The highest BCUT2D eigenvalue weighted by atomic mass is 35.5. The maximum absolute atomic E-state index is 12.3. The molecule has 0 unspecified atom stereocenters. The molecule has 0 saturated carbocycles. The van der Waals surface area contributed by atoms with Crippen LogP contribution < -0.4 is 4.74 Å². The summed E-state index contributed by atoms with van der Waals surface area (Å²) in [6.45, 7) is 6.50. The number of likely N-dealkylation sites (tertiary alicyclic amines) is 1. The van der Waals surface area contributed by atoms with Gasteiger partial charge < -0.3 is 19.3 Å². The van der Waals surface area contributed by atoms with E-state index in [1.165, 1.54) is 0 Å². The van der Waals surface area contributed by atoms with Crippen molar-refractivity contribution in [3.63, 3.8) is 0 Å². The standard InChI is InChI=1S/C18H25ClN2O4/c1-18(2,3)25-17(23)21-10-9-14(11-21)20(4)16(22)12-24-15-7-5-13(19)6-8-15/h5-8,14H,9-12H2,1-4H3/t14-/m0/s1. The summed E-state index contributed by atoms with van der Waals surface area (Å²) in [7, 11) is 1.73. The van der Waals surface area contributed by atoms with E-state index >= 15 is 0 Å². The largest absolute Gasteiger partial charge is 0.484 e. The Kier molecular flexibility index (Phi) is 6.16. The molecule has 1 atom stereocenters. The molecule has 1 saturated heterocycles. The van der Waals surface area contributed by atoms with Gasteiger partial charge in [-0.1, -0.05) is 11.6 Å². The number of rotatable bonds is 4. The van der Waals surface area contributed by atoms with Gasteiger partial charge in [0, 0.05) is 25.2 Å². The van der Waals surface area contributed by atoms with Gasteiger partial charge in [-0.25, -0.2) is 4.79 Å². The molecule has 6 nitrogen and oxygen atoms in total. The number of likely N-dealkylation sites (N-methyl/N-ethyl adjacent to an activating group) is 1. The molecule has 0 spiro atoms. The van der Waals surface area contributed by atoms with E-state index in [9.17, 15) is 9.59 Å². The highest BCUT2D eigenvalue weighted by Gasteiger charge is 2.33. The fourth-order valence-electron chi connectivity index (χ4n) is 2.53. The quantitative estimate of drug-likeness (QED) is 0.819. The van der Waals surface area contributed by atoms with Crippen LogP contribution in [0.4, 0.5) is 4.79 Å². The molecular weight excluding hydrogens is 344 g/mol. The van der Waals surface area contributed by atoms with Gasteiger partial charge in [-0.05, 0) is 51.5 Å². The van der Waals surface area contributed by atoms with Gasteiger partial charge in [0.25, 0.3) is 5.91 Å². The van der Waals surface area contributed by atoms with E-state index in [2.05, 4.69) is 0 Å². The maximum Gasteiger partial charge on any atom is 0.410 e. The minimum Gasteiger partial charge on any atom is -0.484 e. The third kappa shape index (κ3) is 5.81. The van der Waals surface area contributed by atoms with Crippen LogP contribution in [0.2, 0.25) is 5.02 Å². The molecule has 0 bridgehead atoms. The second-order valence-corrected chi connectivity index (χ2v) is 7.55. The van der Waals surface area contributed by atoms with Crippen LogP contribution in [0.15, 0.2) is 24.3 Å². The number of benzene rings is 1. The van der Waals surface area contributed by atoms with Crippen LogP contribution in [-0.4, -0.2) is 60.2 Å². The molecule has 7 heteroatoms. The summed E-state index contributed by atoms with van der Waals surface area (Å²) in [5.41, 5.74) is -0.524. The lowest BCUT2D eigenvalue weighted by Crippen LogP contribution is -2.43. The minimum atomic E-state index is -0.524. The molecule has 0 N–H and O–H groups in total. The number of hydrogen-bond donors (Lipinski definition) is 0. The van der Waals surface area contributed by atoms with Crippen LogP contribution >= 0.6 is 11.6 Å². The van der Waals surface area contributed by atoms with Crippen LogP contribution in [0, 0.1) is 0 Å². The highest BCUT2D eigenvalue weighted by molar-refractivity contribution is 6.30. The molecule has 25 heavy (non-hydrogen) atoms. The summed E-state index contributed by atoms with van der Waals surface area (Å²) in [5.74, 6) is 0.457. The van der Waals surface area contributed by atoms with Gasteiger partial charge in [-0.15, -0.1) is 0 Å². The van der Waals surface area contributed by atoms with Crippen molar-refractivity contribution in [3.8, 4) is 5.75 Å². The van der Waals surface area contributed by atoms with E-state index in [1.54, 1.807) is 41.1 Å². The van der Waals surface area contributed by atoms with Crippen LogP contribution in [-0.2, 0) is 9.53 Å². The summed E-state index contributed by atoms with van der Waals surface area (Å²) in [4.78, 5) is 27.7. The molecule has 1 fully saturated rings. The number of nitrogens with zero attached hydrogens (tertiary/aromatic N) is 2. The molecule has 1 heterocycles. The Bertz CT molecular complexity index is 612. The van der Waals surface area contributed by atoms with Crippen LogP contribution in [0.5, 0.6) is 5.75 Å². The molecule has 1 aromatic carbocycles. The van der Waals surface area contributed by atoms with Crippen molar-refractivity contribution >= 4 is 23.6 Å². The molecular formula is C18H25ClN2O4. The van der Waals surface area contributed by atoms with Gasteiger partial charge in [0.05, 0.1) is 6.04 Å². The van der Waals surface area contributed by atoms with Crippen molar-refractivity contribution < 1.29 is 19.1 Å². The zero-order valence-electron chi connectivity index (χ0n) is 15.1. The SMILES string of the molecule is CN(C(=O)COc1ccc(Cl)cc1)[C@H]1CCN(C(=O)OC(C)(C)C)C1. The van der Waals surface area contributed by atoms with Crippen molar-refractivity contribution in [1.82, 2.24) is 9.80 Å². The maximum atomic E-state index is 12.3. The van der Waals surface area contributed by atoms with Gasteiger partial charge in [0.15, 0.2) is 6.61 Å². The summed E-state index contributed by atoms with van der Waals surface area (Å²) in [6.07, 6.45) is 0.385. The van der Waals surface area contributed by atoms with Gasteiger partial charge >= 0.3 is 6.09 Å². The topological polar surface area (TPSA) is 59.1 Å². The summed E-state index contributed by atoms with van der Waals surface area (Å²) in [5, 5.41) is 0.615. The smallest absolute Gasteiger partial charge is 0.410 e. The third-order valence-electron chi connectivity index (χ3n) is 3.93. The fourth-order valence-corrected chi connectivity index (χ4v) is 2.66. The molecule has 0 aliphatic carbocycles. The van der Waals surface area contributed by atoms with Crippen molar-refractivity contribution in [2.45, 2.75) is 38.8 Å². The number of halogens is 1. The predicted octanol–water partition coefficient (Wildman–Crippen LogP) is 3.19. The second-order valence-electron chi connectivity index (χ2n) is 7.12. The first kappa shape index (κ1) is 19.4. The predicted molar refractivity (Wildman–Crippen MR) is 95.9 cm³/mol. The number of carbonyl (C=O) groups excluding carboxylic acids is 2. The lowest BCUT2D eigenvalue weighted by atomic mass is 10.2. The van der Waals surface area contributed by atoms with E-state index in [0.29, 0.717) is 23.9 Å². The number of amides is 2. The van der Waals surface area contributed by atoms with E-state index < -0.39 is 5.60 Å². The van der Waals surface area contributed by atoms with Gasteiger partial charge in [0.1, 0.15) is 11.4 Å². The summed E-state index contributed by atoms with van der Waals surface area (Å²) < 4.78 is 10.9. The monoisotopic (exact) mass is 368 g/mol. The molecule has 1 aliphatic heterocycles. The fraction of sp³-hybridized carbons (Fsp3) is 0.556. The summed E-state index contributed by atoms with van der Waals surface area (Å²) >= 11 is 5.82. The first-order chi connectivity index (χ1) is 11.7. The van der Waals surface area contributed by atoms with Crippen LogP contribution in [0.1, 0.15) is 27.2 Å². The lowest BCUT2D eigenvalue weighted by molar-refractivity contribution is -0.133. The zero-order chi connectivity index (χ0) is 18.6. The molecule has 0 radical (unpaired) electrons. The third-order valence-corrected chi connectivity index (χ3v) is 4.18. The summed E-state index contributed by atoms with van der Waals surface area (Å²) in [6, 6.07) is 6.82. The van der Waals surface area contributed by atoms with Crippen molar-refractivity contribution in [3.05, 3.63) is 29.3 Å². The Morgan fingerprint density at radius 1 is 1.28 bits per heavy atom. The van der Waals surface area contributed by atoms with Crippen LogP contribution in [0.3, 0.4) is 0 Å². The van der Waals surface area contributed by atoms with E-state index in [1.807, 2.05) is 20.8 Å². The van der Waals surface area contributed by atoms with E-state index in [-0.39, 0.29) is 24.6 Å². The Hall–Kier alpha value is -1.95. The van der Waals surface area contributed by atoms with Crippen molar-refractivity contribution in [2.24, 2.45) is 0 Å².